The van der Waals surface area contributed by atoms with Crippen LogP contribution in [0.15, 0.2) is 43.0 Å². The molecule has 2 rings (SSSR count). The van der Waals surface area contributed by atoms with E-state index in [4.69, 9.17) is 4.74 Å². The first-order valence-electron chi connectivity index (χ1n) is 7.74. The minimum atomic E-state index is -0.504. The summed E-state index contributed by atoms with van der Waals surface area (Å²) in [6.07, 6.45) is 1.56. The number of amides is 1. The van der Waals surface area contributed by atoms with Gasteiger partial charge in [-0.1, -0.05) is 23.8 Å². The molecule has 0 saturated carbocycles. The van der Waals surface area contributed by atoms with Crippen molar-refractivity contribution in [3.05, 3.63) is 65.5 Å². The monoisotopic (exact) mass is 326 g/mol. The van der Waals surface area contributed by atoms with Crippen LogP contribution in [0.25, 0.3) is 5.69 Å². The highest BCUT2D eigenvalue weighted by molar-refractivity contribution is 5.93. The Labute approximate surface area is 141 Å². The molecule has 0 bridgehead atoms. The average Bonchev–Trinajstić information content (AvgIpc) is 2.86. The second kappa shape index (κ2) is 7.64. The zero-order valence-electron chi connectivity index (χ0n) is 14.3. The Balaban J connectivity index is 2.16. The molecule has 0 fully saturated rings. The van der Waals surface area contributed by atoms with E-state index in [9.17, 15) is 9.59 Å². The lowest BCUT2D eigenvalue weighted by atomic mass is 10.2. The van der Waals surface area contributed by atoms with Crippen molar-refractivity contribution in [1.82, 2.24) is 9.88 Å². The van der Waals surface area contributed by atoms with E-state index in [2.05, 4.69) is 11.9 Å². The number of hydrogen-bond acceptors (Lipinski definition) is 3. The molecule has 1 heterocycles. The van der Waals surface area contributed by atoms with Gasteiger partial charge in [-0.25, -0.2) is 4.79 Å². The summed E-state index contributed by atoms with van der Waals surface area (Å²) in [6.45, 7) is 9.37. The summed E-state index contributed by atoms with van der Waals surface area (Å²) in [6, 6.07) is 9.84. The second-order valence-electron chi connectivity index (χ2n) is 5.62. The highest BCUT2D eigenvalue weighted by atomic mass is 16.5. The van der Waals surface area contributed by atoms with Crippen molar-refractivity contribution in [2.45, 2.75) is 20.8 Å². The highest BCUT2D eigenvalue weighted by Crippen LogP contribution is 2.21. The van der Waals surface area contributed by atoms with Crippen LogP contribution in [-0.4, -0.2) is 29.6 Å². The molecule has 5 nitrogen and oxygen atoms in total. The van der Waals surface area contributed by atoms with E-state index in [0.29, 0.717) is 12.1 Å². The lowest BCUT2D eigenvalue weighted by Gasteiger charge is -2.10. The van der Waals surface area contributed by atoms with Gasteiger partial charge in [-0.05, 0) is 39.0 Å². The summed E-state index contributed by atoms with van der Waals surface area (Å²) >= 11 is 0. The van der Waals surface area contributed by atoms with Gasteiger partial charge in [-0.2, -0.15) is 0 Å². The molecule has 0 atom stereocenters. The van der Waals surface area contributed by atoms with Crippen LogP contribution in [0.2, 0.25) is 0 Å². The van der Waals surface area contributed by atoms with E-state index in [1.807, 2.05) is 49.6 Å². The number of hydrogen-bond donors (Lipinski definition) is 1. The zero-order chi connectivity index (χ0) is 17.7. The third-order valence-corrected chi connectivity index (χ3v) is 3.72. The van der Waals surface area contributed by atoms with Gasteiger partial charge in [-0.3, -0.25) is 4.79 Å². The maximum Gasteiger partial charge on any atom is 0.340 e. The quantitative estimate of drug-likeness (QED) is 0.656. The second-order valence-corrected chi connectivity index (χ2v) is 5.62. The molecule has 1 amide bonds. The molecule has 0 unspecified atom stereocenters. The Bertz CT molecular complexity index is 758. The number of carbonyl (C=O) groups is 2. The third kappa shape index (κ3) is 3.93. The summed E-state index contributed by atoms with van der Waals surface area (Å²) in [5, 5.41) is 2.56. The number of ether oxygens (including phenoxy) is 1. The van der Waals surface area contributed by atoms with Crippen LogP contribution in [0.4, 0.5) is 0 Å². The molecular weight excluding hydrogens is 304 g/mol. The molecule has 1 aromatic heterocycles. The fourth-order valence-corrected chi connectivity index (χ4v) is 2.51. The van der Waals surface area contributed by atoms with E-state index in [1.54, 1.807) is 12.1 Å². The SMILES string of the molecule is C=CCNC(=O)COC(=O)c1cc(C)n(-c2ccc(C)cc2)c1C. The maximum atomic E-state index is 12.3. The van der Waals surface area contributed by atoms with Crippen LogP contribution in [0, 0.1) is 20.8 Å². The van der Waals surface area contributed by atoms with Gasteiger partial charge >= 0.3 is 5.97 Å². The van der Waals surface area contributed by atoms with Crippen molar-refractivity contribution >= 4 is 11.9 Å². The van der Waals surface area contributed by atoms with Gasteiger partial charge in [0.15, 0.2) is 6.61 Å². The molecule has 126 valence electrons. The minimum Gasteiger partial charge on any atom is -0.452 e. The lowest BCUT2D eigenvalue weighted by molar-refractivity contribution is -0.124. The molecule has 0 aliphatic heterocycles. The number of rotatable bonds is 6. The van der Waals surface area contributed by atoms with E-state index < -0.39 is 5.97 Å². The van der Waals surface area contributed by atoms with Crippen LogP contribution in [0.1, 0.15) is 27.3 Å². The van der Waals surface area contributed by atoms with E-state index in [-0.39, 0.29) is 12.5 Å². The number of aromatic nitrogens is 1. The van der Waals surface area contributed by atoms with Crippen molar-refractivity contribution in [3.8, 4) is 5.69 Å². The van der Waals surface area contributed by atoms with Crippen LogP contribution >= 0.6 is 0 Å². The van der Waals surface area contributed by atoms with Gasteiger partial charge in [0, 0.05) is 23.6 Å². The third-order valence-electron chi connectivity index (χ3n) is 3.72. The Kier molecular flexibility index (Phi) is 5.58. The number of nitrogens with zero attached hydrogens (tertiary/aromatic N) is 1. The van der Waals surface area contributed by atoms with Crippen LogP contribution in [0.5, 0.6) is 0 Å². The molecule has 2 aromatic rings. The lowest BCUT2D eigenvalue weighted by Crippen LogP contribution is -2.28. The van der Waals surface area contributed by atoms with Gasteiger partial charge in [-0.15, -0.1) is 6.58 Å². The fraction of sp³-hybridized carbons (Fsp3) is 0.263. The summed E-state index contributed by atoms with van der Waals surface area (Å²) in [5.74, 6) is -0.856. The largest absolute Gasteiger partial charge is 0.452 e. The fourth-order valence-electron chi connectivity index (χ4n) is 2.51. The van der Waals surface area contributed by atoms with Crippen molar-refractivity contribution in [2.75, 3.05) is 13.2 Å². The van der Waals surface area contributed by atoms with Crippen molar-refractivity contribution < 1.29 is 14.3 Å². The van der Waals surface area contributed by atoms with Crippen molar-refractivity contribution in [3.63, 3.8) is 0 Å². The Morgan fingerprint density at radius 3 is 2.50 bits per heavy atom. The Morgan fingerprint density at radius 2 is 1.88 bits per heavy atom. The maximum absolute atomic E-state index is 12.3. The first kappa shape index (κ1) is 17.5. The molecule has 0 radical (unpaired) electrons. The molecular formula is C19H22N2O3. The summed E-state index contributed by atoms with van der Waals surface area (Å²) in [7, 11) is 0. The zero-order valence-corrected chi connectivity index (χ0v) is 14.3. The van der Waals surface area contributed by atoms with E-state index >= 15 is 0 Å². The van der Waals surface area contributed by atoms with Gasteiger partial charge in [0.25, 0.3) is 5.91 Å². The van der Waals surface area contributed by atoms with Gasteiger partial charge in [0.1, 0.15) is 0 Å². The predicted octanol–water partition coefficient (Wildman–Crippen LogP) is 2.86. The normalized spacial score (nSPS) is 10.3. The summed E-state index contributed by atoms with van der Waals surface area (Å²) < 4.78 is 7.09. The van der Waals surface area contributed by atoms with Gasteiger partial charge < -0.3 is 14.6 Å². The Morgan fingerprint density at radius 1 is 1.21 bits per heavy atom. The smallest absolute Gasteiger partial charge is 0.340 e. The molecule has 5 heteroatoms. The standard InChI is InChI=1S/C19H22N2O3/c1-5-10-20-18(22)12-24-19(23)17-11-14(3)21(15(17)4)16-8-6-13(2)7-9-16/h5-9,11H,1,10,12H2,2-4H3,(H,20,22). The number of carbonyl (C=O) groups excluding carboxylic acids is 2. The Hall–Kier alpha value is -2.82. The minimum absolute atomic E-state index is 0.305. The molecule has 1 aromatic carbocycles. The number of nitrogens with one attached hydrogen (secondary N) is 1. The van der Waals surface area contributed by atoms with Crippen molar-refractivity contribution in [2.24, 2.45) is 0 Å². The molecule has 1 N–H and O–H groups in total. The summed E-state index contributed by atoms with van der Waals surface area (Å²) in [4.78, 5) is 23.8. The van der Waals surface area contributed by atoms with E-state index in [0.717, 1.165) is 17.1 Å². The van der Waals surface area contributed by atoms with Gasteiger partial charge in [0.2, 0.25) is 0 Å². The molecule has 24 heavy (non-hydrogen) atoms. The highest BCUT2D eigenvalue weighted by Gasteiger charge is 2.18. The van der Waals surface area contributed by atoms with Crippen LogP contribution in [-0.2, 0) is 9.53 Å². The molecule has 0 aliphatic rings. The summed E-state index contributed by atoms with van der Waals surface area (Å²) in [5.41, 5.74) is 4.33. The first-order chi connectivity index (χ1) is 11.4. The number of aryl methyl sites for hydroxylation is 2. The number of esters is 1. The van der Waals surface area contributed by atoms with Crippen LogP contribution in [0.3, 0.4) is 0 Å². The predicted molar refractivity (Wildman–Crippen MR) is 93.5 cm³/mol. The van der Waals surface area contributed by atoms with E-state index in [1.165, 1.54) is 5.56 Å². The first-order valence-corrected chi connectivity index (χ1v) is 7.74. The molecule has 0 aliphatic carbocycles. The van der Waals surface area contributed by atoms with Crippen LogP contribution < -0.4 is 5.32 Å². The number of benzene rings is 1. The molecule has 0 saturated heterocycles. The molecule has 0 spiro atoms. The van der Waals surface area contributed by atoms with Gasteiger partial charge in [0.05, 0.1) is 5.56 Å². The van der Waals surface area contributed by atoms with Crippen molar-refractivity contribution in [1.29, 1.82) is 0 Å². The topological polar surface area (TPSA) is 60.3 Å². The average molecular weight is 326 g/mol.